The van der Waals surface area contributed by atoms with Crippen LogP contribution in [0.3, 0.4) is 0 Å². The molecule has 0 bridgehead atoms. The van der Waals surface area contributed by atoms with E-state index in [1.165, 1.54) is 0 Å². The lowest BCUT2D eigenvalue weighted by atomic mass is 9.90. The molecule has 78 valence electrons. The zero-order valence-electron chi connectivity index (χ0n) is 7.65. The zero-order valence-corrected chi connectivity index (χ0v) is 8.46. The second-order valence-corrected chi connectivity index (χ2v) is 5.91. The number of rotatable bonds is 4. The predicted octanol–water partition coefficient (Wildman–Crippen LogP) is -0.622. The van der Waals surface area contributed by atoms with Gasteiger partial charge in [-0.2, -0.15) is 0 Å². The van der Waals surface area contributed by atoms with Gasteiger partial charge in [0, 0.05) is 6.61 Å². The van der Waals surface area contributed by atoms with Crippen LogP contribution in [0.4, 0.5) is 0 Å². The second-order valence-electron chi connectivity index (χ2n) is 3.68. The standard InChI is InChI=1S/C8H17NO3S/c9-3-1-7(5-10)8-2-4-13(11,12)6-8/h7-8,10H,1-6,9H2. The summed E-state index contributed by atoms with van der Waals surface area (Å²) in [4.78, 5) is 0. The molecule has 1 heterocycles. The van der Waals surface area contributed by atoms with Gasteiger partial charge in [-0.05, 0) is 31.2 Å². The van der Waals surface area contributed by atoms with E-state index in [0.29, 0.717) is 13.0 Å². The summed E-state index contributed by atoms with van der Waals surface area (Å²) >= 11 is 0. The van der Waals surface area contributed by atoms with Crippen LogP contribution < -0.4 is 5.73 Å². The van der Waals surface area contributed by atoms with E-state index in [0.717, 1.165) is 6.42 Å². The minimum atomic E-state index is -2.82. The number of hydrogen-bond acceptors (Lipinski definition) is 4. The van der Waals surface area contributed by atoms with E-state index in [4.69, 9.17) is 10.8 Å². The van der Waals surface area contributed by atoms with Crippen LogP contribution in [0.2, 0.25) is 0 Å². The summed E-state index contributed by atoms with van der Waals surface area (Å²) in [7, 11) is -2.82. The van der Waals surface area contributed by atoms with E-state index < -0.39 is 9.84 Å². The van der Waals surface area contributed by atoms with Crippen molar-refractivity contribution in [3.05, 3.63) is 0 Å². The normalized spacial score (nSPS) is 28.9. The topological polar surface area (TPSA) is 80.4 Å². The molecular formula is C8H17NO3S. The smallest absolute Gasteiger partial charge is 0.150 e. The Hall–Kier alpha value is -0.130. The molecule has 0 saturated carbocycles. The fourth-order valence-electron chi connectivity index (χ4n) is 1.89. The Labute approximate surface area is 79.0 Å². The largest absolute Gasteiger partial charge is 0.396 e. The Bertz CT molecular complexity index is 250. The third kappa shape index (κ3) is 2.93. The molecule has 0 radical (unpaired) electrons. The first kappa shape index (κ1) is 10.9. The molecule has 0 amide bonds. The van der Waals surface area contributed by atoms with E-state index >= 15 is 0 Å². The van der Waals surface area contributed by atoms with Gasteiger partial charge in [0.25, 0.3) is 0 Å². The molecule has 13 heavy (non-hydrogen) atoms. The van der Waals surface area contributed by atoms with Crippen LogP contribution in [0.5, 0.6) is 0 Å². The maximum absolute atomic E-state index is 11.2. The fraction of sp³-hybridized carbons (Fsp3) is 1.00. The summed E-state index contributed by atoms with van der Waals surface area (Å²) in [5.74, 6) is 0.706. The van der Waals surface area contributed by atoms with Crippen LogP contribution in [-0.4, -0.2) is 38.2 Å². The summed E-state index contributed by atoms with van der Waals surface area (Å²) in [6, 6.07) is 0. The molecule has 1 aliphatic heterocycles. The molecule has 0 aromatic heterocycles. The summed E-state index contributed by atoms with van der Waals surface area (Å²) < 4.78 is 22.3. The van der Waals surface area contributed by atoms with Gasteiger partial charge in [0.15, 0.2) is 9.84 Å². The van der Waals surface area contributed by atoms with E-state index in [1.54, 1.807) is 0 Å². The van der Waals surface area contributed by atoms with Gasteiger partial charge in [-0.25, -0.2) is 8.42 Å². The van der Waals surface area contributed by atoms with Crippen molar-refractivity contribution in [1.82, 2.24) is 0 Å². The van der Waals surface area contributed by atoms with Gasteiger partial charge in [-0.3, -0.25) is 0 Å². The van der Waals surface area contributed by atoms with Gasteiger partial charge in [-0.1, -0.05) is 0 Å². The summed E-state index contributed by atoms with van der Waals surface area (Å²) in [5.41, 5.74) is 5.38. The second kappa shape index (κ2) is 4.39. The average molecular weight is 207 g/mol. The lowest BCUT2D eigenvalue weighted by Gasteiger charge is -2.18. The number of aliphatic hydroxyl groups excluding tert-OH is 1. The van der Waals surface area contributed by atoms with Crippen molar-refractivity contribution in [2.75, 3.05) is 24.7 Å². The van der Waals surface area contributed by atoms with Crippen LogP contribution in [0.15, 0.2) is 0 Å². The molecule has 1 saturated heterocycles. The highest BCUT2D eigenvalue weighted by atomic mass is 32.2. The third-order valence-electron chi connectivity index (χ3n) is 2.71. The van der Waals surface area contributed by atoms with E-state index in [9.17, 15) is 8.42 Å². The average Bonchev–Trinajstić information content (AvgIpc) is 2.42. The Morgan fingerprint density at radius 2 is 2.23 bits per heavy atom. The van der Waals surface area contributed by atoms with Crippen molar-refractivity contribution in [1.29, 1.82) is 0 Å². The van der Waals surface area contributed by atoms with Crippen LogP contribution in [-0.2, 0) is 9.84 Å². The molecule has 1 aliphatic rings. The first-order valence-corrected chi connectivity index (χ1v) is 6.42. The molecule has 5 heteroatoms. The van der Waals surface area contributed by atoms with Gasteiger partial charge < -0.3 is 10.8 Å². The predicted molar refractivity (Wildman–Crippen MR) is 51.0 cm³/mol. The van der Waals surface area contributed by atoms with Crippen molar-refractivity contribution in [2.24, 2.45) is 17.6 Å². The number of aliphatic hydroxyl groups is 1. The number of hydrogen-bond donors (Lipinski definition) is 2. The first-order valence-electron chi connectivity index (χ1n) is 4.60. The van der Waals surface area contributed by atoms with Gasteiger partial charge >= 0.3 is 0 Å². The maximum atomic E-state index is 11.2. The van der Waals surface area contributed by atoms with E-state index in [2.05, 4.69) is 0 Å². The van der Waals surface area contributed by atoms with Crippen molar-refractivity contribution < 1.29 is 13.5 Å². The summed E-state index contributed by atoms with van der Waals surface area (Å²) in [6.07, 6.45) is 1.41. The molecule has 0 aromatic rings. The SMILES string of the molecule is NCCC(CO)C1CCS(=O)(=O)C1. The Morgan fingerprint density at radius 3 is 2.62 bits per heavy atom. The van der Waals surface area contributed by atoms with Crippen LogP contribution in [0.25, 0.3) is 0 Å². The van der Waals surface area contributed by atoms with Crippen LogP contribution in [0.1, 0.15) is 12.8 Å². The van der Waals surface area contributed by atoms with E-state index in [1.807, 2.05) is 0 Å². The molecule has 4 nitrogen and oxygen atoms in total. The Morgan fingerprint density at radius 1 is 1.54 bits per heavy atom. The maximum Gasteiger partial charge on any atom is 0.150 e. The van der Waals surface area contributed by atoms with Crippen molar-refractivity contribution in [3.63, 3.8) is 0 Å². The molecule has 0 aliphatic carbocycles. The summed E-state index contributed by atoms with van der Waals surface area (Å²) in [5, 5.41) is 9.04. The minimum Gasteiger partial charge on any atom is -0.396 e. The van der Waals surface area contributed by atoms with Gasteiger partial charge in [-0.15, -0.1) is 0 Å². The van der Waals surface area contributed by atoms with Crippen molar-refractivity contribution in [2.45, 2.75) is 12.8 Å². The highest BCUT2D eigenvalue weighted by molar-refractivity contribution is 7.91. The highest BCUT2D eigenvalue weighted by Gasteiger charge is 2.32. The minimum absolute atomic E-state index is 0.0530. The first-order chi connectivity index (χ1) is 6.09. The van der Waals surface area contributed by atoms with Crippen molar-refractivity contribution >= 4 is 9.84 Å². The Kier molecular flexibility index (Phi) is 3.70. The zero-order chi connectivity index (χ0) is 9.90. The monoisotopic (exact) mass is 207 g/mol. The number of nitrogens with two attached hydrogens (primary N) is 1. The van der Waals surface area contributed by atoms with Crippen molar-refractivity contribution in [3.8, 4) is 0 Å². The van der Waals surface area contributed by atoms with Gasteiger partial charge in [0.1, 0.15) is 0 Å². The van der Waals surface area contributed by atoms with Crippen LogP contribution in [0, 0.1) is 11.8 Å². The third-order valence-corrected chi connectivity index (χ3v) is 4.50. The van der Waals surface area contributed by atoms with Gasteiger partial charge in [0.05, 0.1) is 11.5 Å². The van der Waals surface area contributed by atoms with Gasteiger partial charge in [0.2, 0.25) is 0 Å². The molecule has 1 rings (SSSR count). The molecule has 2 atom stereocenters. The molecule has 0 spiro atoms. The van der Waals surface area contributed by atoms with Crippen LogP contribution >= 0.6 is 0 Å². The molecule has 3 N–H and O–H groups in total. The number of sulfone groups is 1. The molecule has 2 unspecified atom stereocenters. The summed E-state index contributed by atoms with van der Waals surface area (Å²) in [6.45, 7) is 0.569. The lowest BCUT2D eigenvalue weighted by Crippen LogP contribution is -2.22. The molecular weight excluding hydrogens is 190 g/mol. The lowest BCUT2D eigenvalue weighted by molar-refractivity contribution is 0.178. The molecule has 1 fully saturated rings. The molecule has 0 aromatic carbocycles. The quantitative estimate of drug-likeness (QED) is 0.643. The van der Waals surface area contributed by atoms with E-state index in [-0.39, 0.29) is 29.9 Å². The highest BCUT2D eigenvalue weighted by Crippen LogP contribution is 2.27. The Balaban J connectivity index is 2.52. The fourth-order valence-corrected chi connectivity index (χ4v) is 3.81.